The Bertz CT molecular complexity index is 506. The van der Waals surface area contributed by atoms with E-state index < -0.39 is 10.0 Å². The van der Waals surface area contributed by atoms with Crippen LogP contribution in [0, 0.1) is 12.8 Å². The van der Waals surface area contributed by atoms with E-state index in [-0.39, 0.29) is 5.92 Å². The predicted octanol–water partition coefficient (Wildman–Crippen LogP) is 2.52. The molecule has 4 nitrogen and oxygen atoms in total. The van der Waals surface area contributed by atoms with Gasteiger partial charge in [-0.05, 0) is 47.7 Å². The Labute approximate surface area is 120 Å². The molecule has 0 bridgehead atoms. The second-order valence-corrected chi connectivity index (χ2v) is 8.78. The monoisotopic (exact) mass is 353 g/mol. The van der Waals surface area contributed by atoms with Gasteiger partial charge in [-0.25, -0.2) is 13.1 Å². The van der Waals surface area contributed by atoms with Crippen molar-refractivity contribution >= 4 is 37.3 Å². The van der Waals surface area contributed by atoms with Gasteiger partial charge in [0.2, 0.25) is 10.0 Å². The van der Waals surface area contributed by atoms with Gasteiger partial charge in [0.25, 0.3) is 0 Å². The van der Waals surface area contributed by atoms with E-state index in [2.05, 4.69) is 20.7 Å². The van der Waals surface area contributed by atoms with E-state index in [0.29, 0.717) is 18.0 Å². The third kappa shape index (κ3) is 3.54. The molecule has 1 unspecified atom stereocenters. The van der Waals surface area contributed by atoms with Crippen molar-refractivity contribution in [3.05, 3.63) is 14.7 Å². The number of sulfonamides is 1. The lowest BCUT2D eigenvalue weighted by Gasteiger charge is -2.22. The SMILES string of the molecule is Cc1sc(Br)cc1S(=O)(=O)NCC1CCCOC1. The molecule has 2 heterocycles. The number of hydrogen-bond acceptors (Lipinski definition) is 4. The zero-order valence-corrected chi connectivity index (χ0v) is 13.3. The molecule has 1 fully saturated rings. The summed E-state index contributed by atoms with van der Waals surface area (Å²) < 4.78 is 33.1. The average Bonchev–Trinajstić information content (AvgIpc) is 2.68. The first-order valence-electron chi connectivity index (χ1n) is 5.82. The van der Waals surface area contributed by atoms with E-state index in [0.717, 1.165) is 28.1 Å². The quantitative estimate of drug-likeness (QED) is 0.904. The van der Waals surface area contributed by atoms with Gasteiger partial charge in [-0.3, -0.25) is 0 Å². The topological polar surface area (TPSA) is 55.4 Å². The number of halogens is 1. The largest absolute Gasteiger partial charge is 0.381 e. The van der Waals surface area contributed by atoms with Gasteiger partial charge in [-0.1, -0.05) is 0 Å². The standard InChI is InChI=1S/C11H16BrNO3S2/c1-8-10(5-11(12)17-8)18(14,15)13-6-9-3-2-4-16-7-9/h5,9,13H,2-4,6-7H2,1H3. The molecule has 0 aliphatic carbocycles. The molecule has 18 heavy (non-hydrogen) atoms. The van der Waals surface area contributed by atoms with Crippen LogP contribution in [0.4, 0.5) is 0 Å². The first-order chi connectivity index (χ1) is 8.49. The highest BCUT2D eigenvalue weighted by Gasteiger charge is 2.22. The highest BCUT2D eigenvalue weighted by atomic mass is 79.9. The van der Waals surface area contributed by atoms with Crippen LogP contribution in [0.15, 0.2) is 14.7 Å². The minimum atomic E-state index is -3.39. The first-order valence-corrected chi connectivity index (χ1v) is 8.91. The third-order valence-electron chi connectivity index (χ3n) is 2.95. The second-order valence-electron chi connectivity index (χ2n) is 4.41. The molecule has 1 aromatic heterocycles. The molecule has 0 amide bonds. The summed E-state index contributed by atoms with van der Waals surface area (Å²) in [6, 6.07) is 1.65. The molecular weight excluding hydrogens is 338 g/mol. The summed E-state index contributed by atoms with van der Waals surface area (Å²) in [6.45, 7) is 3.71. The molecular formula is C11H16BrNO3S2. The van der Waals surface area contributed by atoms with Crippen molar-refractivity contribution in [3.63, 3.8) is 0 Å². The molecule has 0 spiro atoms. The normalized spacial score (nSPS) is 21.1. The van der Waals surface area contributed by atoms with Crippen molar-refractivity contribution < 1.29 is 13.2 Å². The molecule has 2 rings (SSSR count). The van der Waals surface area contributed by atoms with E-state index in [1.165, 1.54) is 11.3 Å². The Hall–Kier alpha value is 0.0500. The number of thiophene rings is 1. The molecule has 0 radical (unpaired) electrons. The van der Waals surface area contributed by atoms with Gasteiger partial charge in [0.05, 0.1) is 15.3 Å². The van der Waals surface area contributed by atoms with E-state index in [9.17, 15) is 8.42 Å². The molecule has 0 saturated carbocycles. The number of aryl methyl sites for hydroxylation is 1. The van der Waals surface area contributed by atoms with Gasteiger partial charge < -0.3 is 4.74 Å². The first kappa shape index (κ1) is 14.5. The Morgan fingerprint density at radius 3 is 2.94 bits per heavy atom. The fraction of sp³-hybridized carbons (Fsp3) is 0.636. The van der Waals surface area contributed by atoms with Crippen LogP contribution in [-0.4, -0.2) is 28.2 Å². The van der Waals surface area contributed by atoms with Gasteiger partial charge in [-0.15, -0.1) is 11.3 Å². The molecule has 1 aromatic rings. The van der Waals surface area contributed by atoms with Gasteiger partial charge in [-0.2, -0.15) is 0 Å². The van der Waals surface area contributed by atoms with Crippen molar-refractivity contribution in [2.75, 3.05) is 19.8 Å². The Kier molecular flexibility index (Phi) is 4.82. The van der Waals surface area contributed by atoms with Crippen LogP contribution in [0.2, 0.25) is 0 Å². The van der Waals surface area contributed by atoms with Crippen LogP contribution in [-0.2, 0) is 14.8 Å². The number of ether oxygens (including phenoxy) is 1. The van der Waals surface area contributed by atoms with Crippen LogP contribution in [0.3, 0.4) is 0 Å². The summed E-state index contributed by atoms with van der Waals surface area (Å²) in [6.07, 6.45) is 2.03. The van der Waals surface area contributed by atoms with E-state index in [1.807, 2.05) is 6.92 Å². The van der Waals surface area contributed by atoms with E-state index in [4.69, 9.17) is 4.74 Å². The molecule has 1 N–H and O–H groups in total. The molecule has 1 aliphatic rings. The minimum absolute atomic E-state index is 0.288. The van der Waals surface area contributed by atoms with Gasteiger partial charge in [0, 0.05) is 18.0 Å². The number of nitrogens with one attached hydrogen (secondary N) is 1. The van der Waals surface area contributed by atoms with Gasteiger partial charge in [0.15, 0.2) is 0 Å². The fourth-order valence-corrected chi connectivity index (χ4v) is 5.50. The molecule has 1 saturated heterocycles. The third-order valence-corrected chi connectivity index (χ3v) is 6.18. The van der Waals surface area contributed by atoms with Crippen molar-refractivity contribution in [1.82, 2.24) is 4.72 Å². The highest BCUT2D eigenvalue weighted by molar-refractivity contribution is 9.11. The van der Waals surface area contributed by atoms with Gasteiger partial charge in [0.1, 0.15) is 0 Å². The fourth-order valence-electron chi connectivity index (χ4n) is 1.97. The van der Waals surface area contributed by atoms with Crippen molar-refractivity contribution in [1.29, 1.82) is 0 Å². The molecule has 1 aliphatic heterocycles. The van der Waals surface area contributed by atoms with Crippen LogP contribution >= 0.6 is 27.3 Å². The lowest BCUT2D eigenvalue weighted by Crippen LogP contribution is -2.33. The van der Waals surface area contributed by atoms with Crippen molar-refractivity contribution in [2.24, 2.45) is 5.92 Å². The summed E-state index contributed by atoms with van der Waals surface area (Å²) >= 11 is 4.74. The minimum Gasteiger partial charge on any atom is -0.381 e. The lowest BCUT2D eigenvalue weighted by molar-refractivity contribution is 0.0568. The smallest absolute Gasteiger partial charge is 0.241 e. The molecule has 0 aromatic carbocycles. The Balaban J connectivity index is 2.01. The zero-order valence-electron chi connectivity index (χ0n) is 10.1. The Morgan fingerprint density at radius 1 is 1.61 bits per heavy atom. The van der Waals surface area contributed by atoms with Crippen LogP contribution < -0.4 is 4.72 Å². The van der Waals surface area contributed by atoms with E-state index >= 15 is 0 Å². The van der Waals surface area contributed by atoms with Crippen LogP contribution in [0.1, 0.15) is 17.7 Å². The van der Waals surface area contributed by atoms with Crippen LogP contribution in [0.5, 0.6) is 0 Å². The van der Waals surface area contributed by atoms with Crippen LogP contribution in [0.25, 0.3) is 0 Å². The highest BCUT2D eigenvalue weighted by Crippen LogP contribution is 2.29. The number of hydrogen-bond donors (Lipinski definition) is 1. The summed E-state index contributed by atoms with van der Waals surface area (Å²) in [4.78, 5) is 1.17. The van der Waals surface area contributed by atoms with Crippen molar-refractivity contribution in [2.45, 2.75) is 24.7 Å². The maximum atomic E-state index is 12.1. The molecule has 102 valence electrons. The van der Waals surface area contributed by atoms with Crippen molar-refractivity contribution in [3.8, 4) is 0 Å². The molecule has 1 atom stereocenters. The van der Waals surface area contributed by atoms with Gasteiger partial charge >= 0.3 is 0 Å². The summed E-state index contributed by atoms with van der Waals surface area (Å²) in [5, 5.41) is 0. The average molecular weight is 354 g/mol. The zero-order chi connectivity index (χ0) is 13.2. The maximum absolute atomic E-state index is 12.1. The summed E-state index contributed by atoms with van der Waals surface area (Å²) in [5.41, 5.74) is 0. The van der Waals surface area contributed by atoms with E-state index in [1.54, 1.807) is 6.07 Å². The second kappa shape index (κ2) is 6.00. The summed E-state index contributed by atoms with van der Waals surface area (Å²) in [7, 11) is -3.39. The summed E-state index contributed by atoms with van der Waals surface area (Å²) in [5.74, 6) is 0.288. The number of rotatable bonds is 4. The lowest BCUT2D eigenvalue weighted by atomic mass is 10.0. The molecule has 7 heteroatoms. The predicted molar refractivity (Wildman–Crippen MR) is 75.5 cm³/mol. The maximum Gasteiger partial charge on any atom is 0.241 e. The Morgan fingerprint density at radius 2 is 2.39 bits per heavy atom.